The molecule has 0 aliphatic rings. The minimum absolute atomic E-state index is 0. The average molecular weight is 592 g/mol. The Morgan fingerprint density at radius 1 is 0.704 bits per heavy atom. The number of rotatable bonds is 0. The molecule has 0 saturated carbocycles. The van der Waals surface area contributed by atoms with Gasteiger partial charge >= 0.3 is 0 Å². The Morgan fingerprint density at radius 3 is 1.48 bits per heavy atom. The van der Waals surface area contributed by atoms with E-state index in [0.29, 0.717) is 5.41 Å². The average Bonchev–Trinajstić information content (AvgIpc) is 3.15. The predicted molar refractivity (Wildman–Crippen MR) is 109 cm³/mol. The molecule has 0 aromatic heterocycles. The third-order valence-corrected chi connectivity index (χ3v) is 4.05. The van der Waals surface area contributed by atoms with Gasteiger partial charge in [-0.2, -0.15) is 23.8 Å². The topological polar surface area (TPSA) is 0 Å². The molecule has 0 aliphatic heterocycles. The Morgan fingerprint density at radius 2 is 1.15 bits per heavy atom. The summed E-state index contributed by atoms with van der Waals surface area (Å²) in [5, 5.41) is 5.39. The van der Waals surface area contributed by atoms with E-state index in [2.05, 4.69) is 99.6 Å². The maximum atomic E-state index is 2.24. The molecule has 0 heterocycles. The van der Waals surface area contributed by atoms with Crippen molar-refractivity contribution in [2.75, 3.05) is 0 Å². The smallest absolute Gasteiger partial charge is 0 e. The largest absolute Gasteiger partial charge is 1.00 e. The molecule has 0 N–H and O–H groups in total. The Labute approximate surface area is 203 Å². The zero-order chi connectivity index (χ0) is 15.6. The van der Waals surface area contributed by atoms with Gasteiger partial charge < -0.3 is 24.8 Å². The van der Waals surface area contributed by atoms with Gasteiger partial charge in [0.15, 0.2) is 0 Å². The van der Waals surface area contributed by atoms with Crippen LogP contribution in [0.25, 0.3) is 21.5 Å². The molecule has 140 valence electrons. The van der Waals surface area contributed by atoms with Gasteiger partial charge in [-0.3, -0.25) is 0 Å². The second-order valence-electron chi connectivity index (χ2n) is 6.74. The molecule has 0 atom stereocenters. The van der Waals surface area contributed by atoms with Crippen molar-refractivity contribution >= 4 is 43.5 Å². The zero-order valence-electron chi connectivity index (χ0n) is 15.8. The molecule has 0 bridgehead atoms. The van der Waals surface area contributed by atoms with E-state index in [1.165, 1.54) is 27.1 Å². The van der Waals surface area contributed by atoms with Crippen LogP contribution in [0, 0.1) is 0 Å². The third kappa shape index (κ3) is 7.82. The van der Waals surface area contributed by atoms with Gasteiger partial charge in [-0.25, -0.2) is 6.07 Å². The number of fused-ring (bicyclic) bond motifs is 3. The molecule has 0 aliphatic carbocycles. The normalized spacial score (nSPS) is 9.30. The van der Waals surface area contributed by atoms with Crippen LogP contribution in [0.5, 0.6) is 0 Å². The Balaban J connectivity index is -0.000000377. The molecule has 4 aromatic carbocycles. The van der Waals surface area contributed by atoms with Crippen molar-refractivity contribution in [3.8, 4) is 0 Å². The summed E-state index contributed by atoms with van der Waals surface area (Å²) < 4.78 is 0. The first kappa shape index (κ1) is 31.2. The fourth-order valence-electron chi connectivity index (χ4n) is 2.78. The Hall–Kier alpha value is -0.456. The van der Waals surface area contributed by atoms with Crippen LogP contribution >= 0.6 is 0 Å². The molecule has 0 nitrogen and oxygen atoms in total. The second-order valence-corrected chi connectivity index (χ2v) is 6.74. The van der Waals surface area contributed by atoms with Gasteiger partial charge in [0.1, 0.15) is 0 Å². The summed E-state index contributed by atoms with van der Waals surface area (Å²) >= 11 is 0. The third-order valence-electron chi connectivity index (χ3n) is 4.05. The van der Waals surface area contributed by atoms with Crippen LogP contribution in [0.3, 0.4) is 0 Å². The van der Waals surface area contributed by atoms with Crippen LogP contribution in [0.2, 0.25) is 0 Å². The van der Waals surface area contributed by atoms with Gasteiger partial charge in [-0.1, -0.05) is 62.6 Å². The van der Waals surface area contributed by atoms with Crippen LogP contribution in [0.1, 0.15) is 26.3 Å². The molecule has 0 unspecified atom stereocenters. The van der Waals surface area contributed by atoms with Gasteiger partial charge in [0.25, 0.3) is 0 Å². The van der Waals surface area contributed by atoms with Gasteiger partial charge in [-0.05, 0) is 0 Å². The zero-order valence-corrected chi connectivity index (χ0v) is 22.9. The fraction of sp³-hybridized carbons (Fsp3) is 0.182. The van der Waals surface area contributed by atoms with Crippen molar-refractivity contribution in [2.24, 2.45) is 0 Å². The Kier molecular flexibility index (Phi) is 15.8. The summed E-state index contributed by atoms with van der Waals surface area (Å²) in [6.45, 7) is 6.67. The number of benzene rings is 2. The summed E-state index contributed by atoms with van der Waals surface area (Å²) in [4.78, 5) is 0. The van der Waals surface area contributed by atoms with E-state index >= 15 is 0 Å². The monoisotopic (exact) mass is 592 g/mol. The van der Waals surface area contributed by atoms with E-state index in [0.717, 1.165) is 0 Å². The van der Waals surface area contributed by atoms with Crippen LogP contribution in [0.4, 0.5) is 0 Å². The standard InChI is InChI=1S/C13H9.C9H13.2ClH.Hf.2Si/c1-3-7-12-10(5-1)9-11-6-2-4-8-13(11)12;1-9(2,3)8-6-4-5-7-8;;;;;/h1-9H;4-7H,1-3H3;2*1H;;;/q2*-1;;;;;/p-2. The molecular formula is C22H22Cl2HfSi2-4. The van der Waals surface area contributed by atoms with Crippen LogP contribution in [-0.4, -0.2) is 21.9 Å². The van der Waals surface area contributed by atoms with Crippen molar-refractivity contribution in [2.45, 2.75) is 26.2 Å². The molecule has 8 radical (unpaired) electrons. The minimum Gasteiger partial charge on any atom is -1.00 e. The molecule has 27 heavy (non-hydrogen) atoms. The maximum absolute atomic E-state index is 2.24. The quantitative estimate of drug-likeness (QED) is 0.194. The van der Waals surface area contributed by atoms with Crippen LogP contribution in [-0.2, 0) is 31.3 Å². The molecule has 0 amide bonds. The summed E-state index contributed by atoms with van der Waals surface area (Å²) in [7, 11) is 0. The van der Waals surface area contributed by atoms with E-state index < -0.39 is 0 Å². The minimum atomic E-state index is 0. The molecule has 0 spiro atoms. The van der Waals surface area contributed by atoms with Crippen molar-refractivity contribution in [3.05, 3.63) is 84.4 Å². The van der Waals surface area contributed by atoms with Crippen molar-refractivity contribution in [3.63, 3.8) is 0 Å². The van der Waals surface area contributed by atoms with Crippen molar-refractivity contribution in [1.29, 1.82) is 0 Å². The molecule has 5 heteroatoms. The molecule has 0 saturated heterocycles. The van der Waals surface area contributed by atoms with Crippen molar-refractivity contribution < 1.29 is 50.7 Å². The molecular weight excluding hydrogens is 570 g/mol. The summed E-state index contributed by atoms with van der Waals surface area (Å²) in [5.41, 5.74) is 1.74. The summed E-state index contributed by atoms with van der Waals surface area (Å²) in [6.07, 6.45) is 0. The van der Waals surface area contributed by atoms with E-state index in [9.17, 15) is 0 Å². The van der Waals surface area contributed by atoms with E-state index in [4.69, 9.17) is 0 Å². The van der Waals surface area contributed by atoms with E-state index in [-0.39, 0.29) is 72.6 Å². The fourth-order valence-corrected chi connectivity index (χ4v) is 2.78. The summed E-state index contributed by atoms with van der Waals surface area (Å²) in [5.74, 6) is 0. The first-order valence-electron chi connectivity index (χ1n) is 7.81. The van der Waals surface area contributed by atoms with Gasteiger partial charge in [0, 0.05) is 47.8 Å². The first-order valence-corrected chi connectivity index (χ1v) is 7.81. The second kappa shape index (κ2) is 13.7. The number of hydrogen-bond acceptors (Lipinski definition) is 0. The first-order chi connectivity index (χ1) is 10.6. The van der Waals surface area contributed by atoms with Crippen molar-refractivity contribution in [1.82, 2.24) is 0 Å². The van der Waals surface area contributed by atoms with E-state index in [1.807, 2.05) is 0 Å². The molecule has 0 fully saturated rings. The van der Waals surface area contributed by atoms with Crippen LogP contribution in [0.15, 0.2) is 78.9 Å². The number of hydrogen-bond donors (Lipinski definition) is 0. The molecule has 4 rings (SSSR count). The SMILES string of the molecule is CC(C)(C)c1cc[cH-]c1.[Cl-].[Cl-].[Hf].[Si].[Si].c1ccc2c(c1)[cH-]c1ccccc12. The van der Waals surface area contributed by atoms with E-state index in [1.54, 1.807) is 0 Å². The van der Waals surface area contributed by atoms with Crippen LogP contribution < -0.4 is 24.8 Å². The molecule has 4 aromatic rings. The maximum Gasteiger partial charge on any atom is 0 e. The van der Waals surface area contributed by atoms with Gasteiger partial charge in [0.05, 0.1) is 0 Å². The summed E-state index contributed by atoms with van der Waals surface area (Å²) in [6, 6.07) is 27.8. The van der Waals surface area contributed by atoms with Gasteiger partial charge in [-0.15, -0.1) is 39.7 Å². The number of halogens is 2. The Bertz CT molecular complexity index is 828. The van der Waals surface area contributed by atoms with Gasteiger partial charge in [0.2, 0.25) is 0 Å². The predicted octanol–water partition coefficient (Wildman–Crippen LogP) is -0.341.